The van der Waals surface area contributed by atoms with Gasteiger partial charge in [0.1, 0.15) is 5.75 Å². The summed E-state index contributed by atoms with van der Waals surface area (Å²) in [5, 5.41) is 17.8. The molecule has 0 aliphatic carbocycles. The van der Waals surface area contributed by atoms with Gasteiger partial charge in [0.25, 0.3) is 0 Å². The van der Waals surface area contributed by atoms with Crippen molar-refractivity contribution in [1.29, 1.82) is 5.26 Å². The minimum atomic E-state index is 0.281. The molecule has 0 amide bonds. The lowest BCUT2D eigenvalue weighted by atomic mass is 10.0. The molecule has 2 aromatic rings. The highest BCUT2D eigenvalue weighted by Crippen LogP contribution is 2.14. The monoisotopic (exact) mass is 209 g/mol. The van der Waals surface area contributed by atoms with E-state index in [4.69, 9.17) is 10.4 Å². The molecule has 0 saturated heterocycles. The van der Waals surface area contributed by atoms with E-state index in [2.05, 4.69) is 6.07 Å². The lowest BCUT2D eigenvalue weighted by Gasteiger charge is -2.02. The van der Waals surface area contributed by atoms with Gasteiger partial charge in [-0.05, 0) is 41.8 Å². The Balaban J connectivity index is 2.15. The van der Waals surface area contributed by atoms with Gasteiger partial charge in [0, 0.05) is 0 Å². The Morgan fingerprint density at radius 2 is 1.38 bits per heavy atom. The molecule has 0 radical (unpaired) electrons. The number of phenolic OH excluding ortho intramolecular Hbond substituents is 1. The summed E-state index contributed by atoms with van der Waals surface area (Å²) in [5.41, 5.74) is 2.97. The second-order valence-corrected chi connectivity index (χ2v) is 3.65. The Labute approximate surface area is 94.4 Å². The zero-order chi connectivity index (χ0) is 11.4. The molecule has 0 atom stereocenters. The summed E-state index contributed by atoms with van der Waals surface area (Å²) in [6, 6.07) is 16.8. The second kappa shape index (κ2) is 4.50. The molecular weight excluding hydrogens is 198 g/mol. The molecule has 0 fully saturated rings. The molecule has 0 aromatic heterocycles. The van der Waals surface area contributed by atoms with Crippen LogP contribution in [0.3, 0.4) is 0 Å². The van der Waals surface area contributed by atoms with E-state index in [1.807, 2.05) is 36.4 Å². The second-order valence-electron chi connectivity index (χ2n) is 3.65. The number of rotatable bonds is 2. The minimum Gasteiger partial charge on any atom is -0.508 e. The van der Waals surface area contributed by atoms with Crippen LogP contribution in [0.4, 0.5) is 0 Å². The number of phenols is 1. The standard InChI is InChI=1S/C14H11NO/c15-10-13-3-1-11(2-4-13)9-12-5-7-14(16)8-6-12/h1-8,16H,9H2. The highest BCUT2D eigenvalue weighted by Gasteiger charge is 1.97. The average Bonchev–Trinajstić information content (AvgIpc) is 2.33. The molecule has 0 saturated carbocycles. The third-order valence-electron chi connectivity index (χ3n) is 2.43. The molecule has 0 spiro atoms. The van der Waals surface area contributed by atoms with Crippen molar-refractivity contribution in [2.75, 3.05) is 0 Å². The van der Waals surface area contributed by atoms with Gasteiger partial charge in [-0.15, -0.1) is 0 Å². The van der Waals surface area contributed by atoms with E-state index >= 15 is 0 Å². The van der Waals surface area contributed by atoms with Crippen LogP contribution in [0.1, 0.15) is 16.7 Å². The molecule has 0 aliphatic rings. The molecule has 0 aliphatic heterocycles. The maximum atomic E-state index is 9.16. The summed E-state index contributed by atoms with van der Waals surface area (Å²) in [6.07, 6.45) is 0.811. The SMILES string of the molecule is N#Cc1ccc(Cc2ccc(O)cc2)cc1. The van der Waals surface area contributed by atoms with Crippen LogP contribution in [0.15, 0.2) is 48.5 Å². The van der Waals surface area contributed by atoms with Crippen molar-refractivity contribution < 1.29 is 5.11 Å². The van der Waals surface area contributed by atoms with Gasteiger partial charge in [0.05, 0.1) is 11.6 Å². The Kier molecular flexibility index (Phi) is 2.88. The van der Waals surface area contributed by atoms with Crippen LogP contribution in [0.2, 0.25) is 0 Å². The van der Waals surface area contributed by atoms with Gasteiger partial charge in [-0.3, -0.25) is 0 Å². The van der Waals surface area contributed by atoms with Crippen LogP contribution in [0.5, 0.6) is 5.75 Å². The lowest BCUT2D eigenvalue weighted by molar-refractivity contribution is 0.475. The van der Waals surface area contributed by atoms with Gasteiger partial charge in [-0.2, -0.15) is 5.26 Å². The molecule has 2 heteroatoms. The van der Waals surface area contributed by atoms with Crippen LogP contribution in [0.25, 0.3) is 0 Å². The van der Waals surface area contributed by atoms with Crippen molar-refractivity contribution >= 4 is 0 Å². The van der Waals surface area contributed by atoms with Crippen molar-refractivity contribution in [3.05, 3.63) is 65.2 Å². The smallest absolute Gasteiger partial charge is 0.115 e. The quantitative estimate of drug-likeness (QED) is 0.826. The Morgan fingerprint density at radius 1 is 0.875 bits per heavy atom. The highest BCUT2D eigenvalue weighted by atomic mass is 16.3. The summed E-state index contributed by atoms with van der Waals surface area (Å²) in [4.78, 5) is 0. The Bertz CT molecular complexity index is 506. The Hall–Kier alpha value is -2.27. The van der Waals surface area contributed by atoms with Crippen molar-refractivity contribution in [3.63, 3.8) is 0 Å². The molecule has 0 unspecified atom stereocenters. The van der Waals surface area contributed by atoms with E-state index in [1.165, 1.54) is 0 Å². The van der Waals surface area contributed by atoms with Gasteiger partial charge in [-0.25, -0.2) is 0 Å². The number of nitriles is 1. The molecule has 2 nitrogen and oxygen atoms in total. The third-order valence-corrected chi connectivity index (χ3v) is 2.43. The summed E-state index contributed by atoms with van der Waals surface area (Å²) >= 11 is 0. The number of nitrogens with zero attached hydrogens (tertiary/aromatic N) is 1. The van der Waals surface area contributed by atoms with E-state index in [9.17, 15) is 0 Å². The molecule has 16 heavy (non-hydrogen) atoms. The minimum absolute atomic E-state index is 0.281. The van der Waals surface area contributed by atoms with Gasteiger partial charge in [0.2, 0.25) is 0 Å². The van der Waals surface area contributed by atoms with E-state index in [0.717, 1.165) is 17.5 Å². The molecule has 0 bridgehead atoms. The van der Waals surface area contributed by atoms with E-state index < -0.39 is 0 Å². The summed E-state index contributed by atoms with van der Waals surface area (Å²) in [5.74, 6) is 0.281. The summed E-state index contributed by atoms with van der Waals surface area (Å²) < 4.78 is 0. The van der Waals surface area contributed by atoms with Crippen LogP contribution in [-0.2, 0) is 6.42 Å². The fourth-order valence-electron chi connectivity index (χ4n) is 1.55. The first kappa shape index (κ1) is 10.3. The molecule has 1 N–H and O–H groups in total. The van der Waals surface area contributed by atoms with Gasteiger partial charge >= 0.3 is 0 Å². The highest BCUT2D eigenvalue weighted by molar-refractivity contribution is 5.35. The molecule has 2 aromatic carbocycles. The first-order valence-corrected chi connectivity index (χ1v) is 5.05. The van der Waals surface area contributed by atoms with Crippen molar-refractivity contribution in [2.45, 2.75) is 6.42 Å². The van der Waals surface area contributed by atoms with Crippen molar-refractivity contribution in [3.8, 4) is 11.8 Å². The molecule has 78 valence electrons. The first-order valence-electron chi connectivity index (χ1n) is 5.05. The normalized spacial score (nSPS) is 9.69. The molecule has 2 rings (SSSR count). The van der Waals surface area contributed by atoms with Gasteiger partial charge in [-0.1, -0.05) is 24.3 Å². The fourth-order valence-corrected chi connectivity index (χ4v) is 1.55. The van der Waals surface area contributed by atoms with Crippen molar-refractivity contribution in [1.82, 2.24) is 0 Å². The molecule has 0 heterocycles. The van der Waals surface area contributed by atoms with E-state index in [0.29, 0.717) is 5.56 Å². The Morgan fingerprint density at radius 3 is 1.88 bits per heavy atom. The van der Waals surface area contributed by atoms with Crippen LogP contribution < -0.4 is 0 Å². The van der Waals surface area contributed by atoms with Gasteiger partial charge in [0.15, 0.2) is 0 Å². The fraction of sp³-hybridized carbons (Fsp3) is 0.0714. The van der Waals surface area contributed by atoms with E-state index in [1.54, 1.807) is 12.1 Å². The van der Waals surface area contributed by atoms with Crippen LogP contribution in [0, 0.1) is 11.3 Å². The first-order chi connectivity index (χ1) is 7.78. The van der Waals surface area contributed by atoms with Crippen LogP contribution in [-0.4, -0.2) is 5.11 Å². The maximum absolute atomic E-state index is 9.16. The topological polar surface area (TPSA) is 44.0 Å². The van der Waals surface area contributed by atoms with Crippen molar-refractivity contribution in [2.24, 2.45) is 0 Å². The zero-order valence-corrected chi connectivity index (χ0v) is 8.72. The summed E-state index contributed by atoms with van der Waals surface area (Å²) in [6.45, 7) is 0. The number of benzene rings is 2. The maximum Gasteiger partial charge on any atom is 0.115 e. The third kappa shape index (κ3) is 2.40. The number of hydrogen-bond donors (Lipinski definition) is 1. The van der Waals surface area contributed by atoms with Crippen LogP contribution >= 0.6 is 0 Å². The lowest BCUT2D eigenvalue weighted by Crippen LogP contribution is -1.87. The van der Waals surface area contributed by atoms with Gasteiger partial charge < -0.3 is 5.11 Å². The van der Waals surface area contributed by atoms with E-state index in [-0.39, 0.29) is 5.75 Å². The largest absolute Gasteiger partial charge is 0.508 e. The summed E-state index contributed by atoms with van der Waals surface area (Å²) in [7, 11) is 0. The predicted octanol–water partition coefficient (Wildman–Crippen LogP) is 2.85. The average molecular weight is 209 g/mol. The predicted molar refractivity (Wildman–Crippen MR) is 62.1 cm³/mol. The zero-order valence-electron chi connectivity index (χ0n) is 8.72. The molecular formula is C14H11NO. The number of hydrogen-bond acceptors (Lipinski definition) is 2. The number of aromatic hydroxyl groups is 1.